The van der Waals surface area contributed by atoms with Crippen LogP contribution in [-0.4, -0.2) is 6.26 Å². The van der Waals surface area contributed by atoms with Gasteiger partial charge in [-0.15, -0.1) is 11.8 Å². The minimum Gasteiger partial charge on any atom is -0.277 e. The lowest BCUT2D eigenvalue weighted by Gasteiger charge is -2.02. The van der Waals surface area contributed by atoms with Gasteiger partial charge in [0, 0.05) is 10.8 Å². The molecule has 1 aromatic carbocycles. The molecule has 1 aromatic heterocycles. The second-order valence-electron chi connectivity index (χ2n) is 2.91. The highest BCUT2D eigenvalue weighted by molar-refractivity contribution is 8.00. The zero-order valence-electron chi connectivity index (χ0n) is 7.98. The zero-order valence-corrected chi connectivity index (χ0v) is 9.61. The van der Waals surface area contributed by atoms with Gasteiger partial charge in [0.1, 0.15) is 6.07 Å². The molecule has 0 spiro atoms. The molecule has 0 amide bonds. The summed E-state index contributed by atoms with van der Waals surface area (Å²) in [5, 5.41) is 10.5. The molecule has 0 saturated heterocycles. The molecule has 0 saturated carbocycles. The van der Waals surface area contributed by atoms with E-state index in [1.165, 1.54) is 11.8 Å². The highest BCUT2D eigenvalue weighted by Gasteiger charge is 2.09. The topological polar surface area (TPSA) is 40.9 Å². The maximum absolute atomic E-state index is 11.7. The van der Waals surface area contributed by atoms with Gasteiger partial charge in [0.25, 0.3) is 0 Å². The average Bonchev–Trinajstić information content (AvgIpc) is 2.29. The Hall–Kier alpha value is -1.31. The Morgan fingerprint density at radius 3 is 2.60 bits per heavy atom. The molecule has 0 atom stereocenters. The van der Waals surface area contributed by atoms with E-state index in [2.05, 4.69) is 6.07 Å². The van der Waals surface area contributed by atoms with Gasteiger partial charge in [-0.1, -0.05) is 29.5 Å². The Bertz CT molecular complexity index is 610. The average molecular weight is 233 g/mol. The molecule has 2 rings (SSSR count). The second kappa shape index (κ2) is 4.05. The Labute approximate surface area is 95.2 Å². The van der Waals surface area contributed by atoms with Crippen LogP contribution >= 0.6 is 23.1 Å². The lowest BCUT2D eigenvalue weighted by Crippen LogP contribution is -1.97. The quantitative estimate of drug-likeness (QED) is 0.711. The molecule has 2 nitrogen and oxygen atoms in total. The van der Waals surface area contributed by atoms with Crippen molar-refractivity contribution in [2.45, 2.75) is 4.21 Å². The van der Waals surface area contributed by atoms with Gasteiger partial charge in [-0.3, -0.25) is 4.79 Å². The molecule has 0 bridgehead atoms. The Balaban J connectivity index is 3.00. The normalized spacial score (nSPS) is 10.1. The van der Waals surface area contributed by atoms with Gasteiger partial charge in [-0.2, -0.15) is 5.26 Å². The number of nitrogens with zero attached hydrogens (tertiary/aromatic N) is 1. The van der Waals surface area contributed by atoms with Crippen LogP contribution in [0, 0.1) is 11.3 Å². The van der Waals surface area contributed by atoms with Gasteiger partial charge < -0.3 is 0 Å². The molecule has 0 radical (unpaired) electrons. The van der Waals surface area contributed by atoms with Crippen LogP contribution in [0.2, 0.25) is 0 Å². The minimum atomic E-state index is 0.0222. The van der Waals surface area contributed by atoms with Gasteiger partial charge >= 0.3 is 0 Å². The molecule has 15 heavy (non-hydrogen) atoms. The molecule has 0 fully saturated rings. The van der Waals surface area contributed by atoms with Crippen molar-refractivity contribution < 1.29 is 0 Å². The van der Waals surface area contributed by atoms with Crippen LogP contribution in [0.5, 0.6) is 0 Å². The van der Waals surface area contributed by atoms with Gasteiger partial charge in [-0.05, 0) is 12.3 Å². The summed E-state index contributed by atoms with van der Waals surface area (Å²) < 4.78 is 0.815. The maximum atomic E-state index is 11.7. The molecule has 0 unspecified atom stereocenters. The largest absolute Gasteiger partial charge is 0.277 e. The highest BCUT2D eigenvalue weighted by atomic mass is 32.2. The van der Waals surface area contributed by atoms with Crippen molar-refractivity contribution in [3.05, 3.63) is 39.4 Å². The first-order chi connectivity index (χ1) is 7.27. The van der Waals surface area contributed by atoms with Crippen molar-refractivity contribution in [2.75, 3.05) is 6.26 Å². The molecule has 0 aliphatic carbocycles. The molecule has 0 N–H and O–H groups in total. The van der Waals surface area contributed by atoms with Gasteiger partial charge in [0.05, 0.1) is 9.77 Å². The first-order valence-electron chi connectivity index (χ1n) is 4.28. The van der Waals surface area contributed by atoms with Crippen molar-refractivity contribution in [1.82, 2.24) is 0 Å². The van der Waals surface area contributed by atoms with E-state index >= 15 is 0 Å². The van der Waals surface area contributed by atoms with Crippen LogP contribution < -0.4 is 4.74 Å². The summed E-state index contributed by atoms with van der Waals surface area (Å²) in [6.07, 6.45) is 1.88. The van der Waals surface area contributed by atoms with Crippen molar-refractivity contribution in [3.8, 4) is 6.07 Å². The van der Waals surface area contributed by atoms with E-state index in [1.807, 2.05) is 24.5 Å². The third kappa shape index (κ3) is 1.65. The number of hydrogen-bond acceptors (Lipinski definition) is 4. The molecule has 74 valence electrons. The summed E-state index contributed by atoms with van der Waals surface area (Å²) in [4.78, 5) is 11.7. The number of hydrogen-bond donors (Lipinski definition) is 0. The number of benzene rings is 1. The fraction of sp³-hybridized carbons (Fsp3) is 0.0909. The predicted octanol–water partition coefficient (Wildman–Crippen LogP) is 2.86. The third-order valence-corrected chi connectivity index (χ3v) is 4.22. The summed E-state index contributed by atoms with van der Waals surface area (Å²) in [6, 6.07) is 9.41. The summed E-state index contributed by atoms with van der Waals surface area (Å²) >= 11 is 2.59. The number of rotatable bonds is 1. The molecule has 4 heteroatoms. The van der Waals surface area contributed by atoms with Crippen LogP contribution in [0.3, 0.4) is 0 Å². The summed E-state index contributed by atoms with van der Waals surface area (Å²) in [5.41, 5.74) is 0.614. The van der Waals surface area contributed by atoms with Crippen LogP contribution in [0.4, 0.5) is 0 Å². The summed E-state index contributed by atoms with van der Waals surface area (Å²) in [6.45, 7) is 0. The summed E-state index contributed by atoms with van der Waals surface area (Å²) in [5.74, 6) is 0. The first kappa shape index (κ1) is 10.2. The van der Waals surface area contributed by atoms with Crippen molar-refractivity contribution in [3.63, 3.8) is 0 Å². The Kier molecular flexibility index (Phi) is 2.76. The molecule has 0 aliphatic heterocycles. The number of nitriles is 1. The molecular formula is C11H7NOS2. The fourth-order valence-electron chi connectivity index (χ4n) is 1.43. The lowest BCUT2D eigenvalue weighted by atomic mass is 10.1. The van der Waals surface area contributed by atoms with E-state index in [4.69, 9.17) is 5.26 Å². The molecular weight excluding hydrogens is 226 g/mol. The van der Waals surface area contributed by atoms with E-state index in [9.17, 15) is 4.79 Å². The molecule has 1 heterocycles. The van der Waals surface area contributed by atoms with Crippen LogP contribution in [0.15, 0.2) is 33.3 Å². The standard InChI is InChI=1S/C11H7NOS2/c1-14-11-9(6-12)7-4-2-3-5-8(7)10(13)15-11/h2-5H,1H3. The predicted molar refractivity (Wildman–Crippen MR) is 64.6 cm³/mol. The van der Waals surface area contributed by atoms with E-state index in [-0.39, 0.29) is 4.74 Å². The smallest absolute Gasteiger partial charge is 0.241 e. The van der Waals surface area contributed by atoms with Gasteiger partial charge in [-0.25, -0.2) is 0 Å². The highest BCUT2D eigenvalue weighted by Crippen LogP contribution is 2.28. The maximum Gasteiger partial charge on any atom is 0.241 e. The van der Waals surface area contributed by atoms with Crippen molar-refractivity contribution in [1.29, 1.82) is 5.26 Å². The van der Waals surface area contributed by atoms with E-state index < -0.39 is 0 Å². The minimum absolute atomic E-state index is 0.0222. The van der Waals surface area contributed by atoms with E-state index in [0.29, 0.717) is 10.9 Å². The van der Waals surface area contributed by atoms with Crippen LogP contribution in [0.25, 0.3) is 10.8 Å². The first-order valence-corrected chi connectivity index (χ1v) is 6.32. The van der Waals surface area contributed by atoms with Gasteiger partial charge in [0.15, 0.2) is 0 Å². The van der Waals surface area contributed by atoms with Crippen LogP contribution in [-0.2, 0) is 0 Å². The Morgan fingerprint density at radius 1 is 1.33 bits per heavy atom. The fourth-order valence-corrected chi connectivity index (χ4v) is 3.06. The summed E-state index contributed by atoms with van der Waals surface area (Å²) in [7, 11) is 0. The second-order valence-corrected chi connectivity index (χ2v) is 4.97. The van der Waals surface area contributed by atoms with E-state index in [1.54, 1.807) is 6.07 Å². The molecule has 2 aromatic rings. The van der Waals surface area contributed by atoms with Crippen molar-refractivity contribution in [2.24, 2.45) is 0 Å². The number of fused-ring (bicyclic) bond motifs is 1. The Morgan fingerprint density at radius 2 is 2.00 bits per heavy atom. The van der Waals surface area contributed by atoms with Crippen LogP contribution in [0.1, 0.15) is 5.56 Å². The third-order valence-electron chi connectivity index (χ3n) is 2.10. The lowest BCUT2D eigenvalue weighted by molar-refractivity contribution is 1.47. The monoisotopic (exact) mass is 233 g/mol. The van der Waals surface area contributed by atoms with Crippen molar-refractivity contribution >= 4 is 33.9 Å². The SMILES string of the molecule is CSc1sc(=O)c2ccccc2c1C#N. The van der Waals surface area contributed by atoms with E-state index in [0.717, 1.165) is 20.9 Å². The van der Waals surface area contributed by atoms with Gasteiger partial charge in [0.2, 0.25) is 4.74 Å². The number of thioether (sulfide) groups is 1. The molecule has 0 aliphatic rings. The zero-order chi connectivity index (χ0) is 10.8.